The fourth-order valence-corrected chi connectivity index (χ4v) is 2.51. The van der Waals surface area contributed by atoms with Crippen molar-refractivity contribution in [1.82, 2.24) is 20.4 Å². The number of hydrogen-bond acceptors (Lipinski definition) is 3. The molecule has 0 bridgehead atoms. The van der Waals surface area contributed by atoms with Crippen LogP contribution in [0.25, 0.3) is 0 Å². The average Bonchev–Trinajstić information content (AvgIpc) is 2.99. The normalized spacial score (nSPS) is 25.0. The predicted octanol–water partition coefficient (Wildman–Crippen LogP) is 0.777. The lowest BCUT2D eigenvalue weighted by molar-refractivity contribution is -0.131. The van der Waals surface area contributed by atoms with E-state index in [-0.39, 0.29) is 17.4 Å². The molecule has 0 aliphatic carbocycles. The first-order chi connectivity index (χ1) is 8.66. The van der Waals surface area contributed by atoms with Gasteiger partial charge in [-0.05, 0) is 32.4 Å². The van der Waals surface area contributed by atoms with Gasteiger partial charge in [-0.25, -0.2) is 0 Å². The van der Waals surface area contributed by atoms with E-state index in [1.807, 2.05) is 23.9 Å². The van der Waals surface area contributed by atoms with Gasteiger partial charge in [0, 0.05) is 25.0 Å². The summed E-state index contributed by atoms with van der Waals surface area (Å²) >= 11 is 0. The molecule has 18 heavy (non-hydrogen) atoms. The molecule has 1 aromatic rings. The van der Waals surface area contributed by atoms with Crippen molar-refractivity contribution in [2.24, 2.45) is 5.41 Å². The van der Waals surface area contributed by atoms with Crippen molar-refractivity contribution in [2.45, 2.75) is 39.3 Å². The lowest BCUT2D eigenvalue weighted by Gasteiger charge is -2.27. The topological polar surface area (TPSA) is 59.0 Å². The molecule has 2 rings (SSSR count). The molecule has 1 aliphatic rings. The standard InChI is InChI=1S/C13H22N4O/c1-3-13(5-7-14-10-13)12(18)16-11(2)9-17-8-4-6-15-17/h4,6,8,11,14H,3,5,7,9-10H2,1-2H3,(H,16,18). The molecule has 2 N–H and O–H groups in total. The van der Waals surface area contributed by atoms with Crippen LogP contribution in [-0.2, 0) is 11.3 Å². The van der Waals surface area contributed by atoms with E-state index in [1.165, 1.54) is 0 Å². The minimum absolute atomic E-state index is 0.0985. The second-order valence-electron chi connectivity index (χ2n) is 5.16. The number of amides is 1. The van der Waals surface area contributed by atoms with E-state index in [1.54, 1.807) is 6.20 Å². The molecule has 0 saturated carbocycles. The summed E-state index contributed by atoms with van der Waals surface area (Å²) < 4.78 is 1.84. The largest absolute Gasteiger partial charge is 0.351 e. The Bertz CT molecular complexity index is 382. The fourth-order valence-electron chi connectivity index (χ4n) is 2.51. The summed E-state index contributed by atoms with van der Waals surface area (Å²) in [5, 5.41) is 10.5. The van der Waals surface area contributed by atoms with Crippen molar-refractivity contribution in [3.63, 3.8) is 0 Å². The number of nitrogens with one attached hydrogen (secondary N) is 2. The molecular weight excluding hydrogens is 228 g/mol. The fraction of sp³-hybridized carbons (Fsp3) is 0.692. The van der Waals surface area contributed by atoms with Crippen molar-refractivity contribution in [3.8, 4) is 0 Å². The first-order valence-electron chi connectivity index (χ1n) is 6.65. The van der Waals surface area contributed by atoms with Crippen molar-refractivity contribution in [3.05, 3.63) is 18.5 Å². The Morgan fingerprint density at radius 2 is 2.50 bits per heavy atom. The number of rotatable bonds is 5. The zero-order valence-electron chi connectivity index (χ0n) is 11.1. The highest BCUT2D eigenvalue weighted by atomic mass is 16.2. The van der Waals surface area contributed by atoms with Gasteiger partial charge >= 0.3 is 0 Å². The number of carbonyl (C=O) groups is 1. The van der Waals surface area contributed by atoms with Crippen LogP contribution in [-0.4, -0.2) is 34.8 Å². The second-order valence-corrected chi connectivity index (χ2v) is 5.16. The Morgan fingerprint density at radius 3 is 3.06 bits per heavy atom. The van der Waals surface area contributed by atoms with Crippen molar-refractivity contribution >= 4 is 5.91 Å². The molecule has 2 heterocycles. The van der Waals surface area contributed by atoms with E-state index < -0.39 is 0 Å². The van der Waals surface area contributed by atoms with Crippen LogP contribution in [0.5, 0.6) is 0 Å². The van der Waals surface area contributed by atoms with E-state index in [9.17, 15) is 4.79 Å². The van der Waals surface area contributed by atoms with Gasteiger partial charge in [-0.15, -0.1) is 0 Å². The molecule has 2 atom stereocenters. The summed E-state index contributed by atoms with van der Waals surface area (Å²) in [5.74, 6) is 0.176. The average molecular weight is 250 g/mol. The Balaban J connectivity index is 1.90. The van der Waals surface area contributed by atoms with E-state index in [0.717, 1.165) is 25.9 Å². The van der Waals surface area contributed by atoms with Crippen molar-refractivity contribution in [1.29, 1.82) is 0 Å². The molecule has 1 fully saturated rings. The molecule has 5 heteroatoms. The van der Waals surface area contributed by atoms with Crippen LogP contribution in [0.4, 0.5) is 0 Å². The molecule has 5 nitrogen and oxygen atoms in total. The van der Waals surface area contributed by atoms with Gasteiger partial charge in [0.2, 0.25) is 5.91 Å². The Hall–Kier alpha value is -1.36. The summed E-state index contributed by atoms with van der Waals surface area (Å²) in [4.78, 5) is 12.4. The maximum atomic E-state index is 12.4. The van der Waals surface area contributed by atoms with Gasteiger partial charge in [0.25, 0.3) is 0 Å². The molecule has 1 aromatic heterocycles. The predicted molar refractivity (Wildman–Crippen MR) is 70.0 cm³/mol. The third kappa shape index (κ3) is 2.72. The molecule has 0 aromatic carbocycles. The zero-order chi connectivity index (χ0) is 13.0. The molecule has 100 valence electrons. The van der Waals surface area contributed by atoms with Gasteiger partial charge in [-0.2, -0.15) is 5.10 Å². The highest BCUT2D eigenvalue weighted by Gasteiger charge is 2.39. The van der Waals surface area contributed by atoms with Crippen LogP contribution >= 0.6 is 0 Å². The highest BCUT2D eigenvalue weighted by molar-refractivity contribution is 5.83. The first kappa shape index (κ1) is 13.1. The highest BCUT2D eigenvalue weighted by Crippen LogP contribution is 2.29. The number of hydrogen-bond donors (Lipinski definition) is 2. The van der Waals surface area contributed by atoms with Crippen LogP contribution in [0, 0.1) is 5.41 Å². The lowest BCUT2D eigenvalue weighted by atomic mass is 9.83. The minimum Gasteiger partial charge on any atom is -0.351 e. The maximum absolute atomic E-state index is 12.4. The van der Waals surface area contributed by atoms with E-state index >= 15 is 0 Å². The van der Waals surface area contributed by atoms with Gasteiger partial charge in [-0.1, -0.05) is 6.92 Å². The van der Waals surface area contributed by atoms with Crippen molar-refractivity contribution in [2.75, 3.05) is 13.1 Å². The molecule has 2 unspecified atom stereocenters. The Morgan fingerprint density at radius 1 is 1.67 bits per heavy atom. The number of aromatic nitrogens is 2. The zero-order valence-corrected chi connectivity index (χ0v) is 11.1. The Labute approximate surface area is 108 Å². The summed E-state index contributed by atoms with van der Waals surface area (Å²) in [6.45, 7) is 6.56. The van der Waals surface area contributed by atoms with Crippen LogP contribution in [0.2, 0.25) is 0 Å². The van der Waals surface area contributed by atoms with Crippen molar-refractivity contribution < 1.29 is 4.79 Å². The van der Waals surface area contributed by atoms with Crippen LogP contribution in [0.1, 0.15) is 26.7 Å². The van der Waals surface area contributed by atoms with Crippen LogP contribution in [0.15, 0.2) is 18.5 Å². The third-order valence-corrected chi connectivity index (χ3v) is 3.80. The smallest absolute Gasteiger partial charge is 0.227 e. The Kier molecular flexibility index (Phi) is 4.01. The number of carbonyl (C=O) groups excluding carboxylic acids is 1. The SMILES string of the molecule is CCC1(C(=O)NC(C)Cn2cccn2)CCNC1. The molecule has 1 aliphatic heterocycles. The van der Waals surface area contributed by atoms with Gasteiger partial charge in [0.15, 0.2) is 0 Å². The van der Waals surface area contributed by atoms with Crippen LogP contribution in [0.3, 0.4) is 0 Å². The summed E-state index contributed by atoms with van der Waals surface area (Å²) in [7, 11) is 0. The monoisotopic (exact) mass is 250 g/mol. The van der Waals surface area contributed by atoms with Gasteiger partial charge in [0.1, 0.15) is 0 Å². The number of nitrogens with zero attached hydrogens (tertiary/aromatic N) is 2. The van der Waals surface area contributed by atoms with Gasteiger partial charge in [0.05, 0.1) is 12.0 Å². The molecule has 0 spiro atoms. The molecular formula is C13H22N4O. The second kappa shape index (κ2) is 5.52. The molecule has 1 saturated heterocycles. The van der Waals surface area contributed by atoms with E-state index in [4.69, 9.17) is 0 Å². The summed E-state index contributed by atoms with van der Waals surface area (Å²) in [6.07, 6.45) is 5.49. The summed E-state index contributed by atoms with van der Waals surface area (Å²) in [6, 6.07) is 1.99. The van der Waals surface area contributed by atoms with E-state index in [2.05, 4.69) is 22.7 Å². The maximum Gasteiger partial charge on any atom is 0.227 e. The quantitative estimate of drug-likeness (QED) is 0.812. The molecule has 0 radical (unpaired) electrons. The van der Waals surface area contributed by atoms with Gasteiger partial charge in [-0.3, -0.25) is 9.48 Å². The minimum atomic E-state index is -0.210. The third-order valence-electron chi connectivity index (χ3n) is 3.80. The summed E-state index contributed by atoms with van der Waals surface area (Å²) in [5.41, 5.74) is -0.210. The lowest BCUT2D eigenvalue weighted by Crippen LogP contribution is -2.46. The first-order valence-corrected chi connectivity index (χ1v) is 6.65. The molecule has 1 amide bonds. The van der Waals surface area contributed by atoms with E-state index in [0.29, 0.717) is 6.54 Å². The van der Waals surface area contributed by atoms with Crippen LogP contribution < -0.4 is 10.6 Å². The van der Waals surface area contributed by atoms with Gasteiger partial charge < -0.3 is 10.6 Å².